The van der Waals surface area contributed by atoms with Gasteiger partial charge in [-0.2, -0.15) is 8.42 Å². The maximum atomic E-state index is 11.9. The second kappa shape index (κ2) is 17.1. The molecule has 0 aliphatic heterocycles. The number of hydrogen-bond acceptors (Lipinski definition) is 10. The Morgan fingerprint density at radius 1 is 0.700 bits per heavy atom. The number of carbonyl (C=O) groups excluding carboxylic acids is 1. The van der Waals surface area contributed by atoms with E-state index < -0.39 is 16.1 Å². The molecular formula is C19H30O10S. The Labute approximate surface area is 177 Å². The van der Waals surface area contributed by atoms with Gasteiger partial charge in [0, 0.05) is 0 Å². The summed E-state index contributed by atoms with van der Waals surface area (Å²) in [6.07, 6.45) is 0. The fourth-order valence-corrected chi connectivity index (χ4v) is 2.87. The number of methoxy groups -OCH3 is 1. The first-order valence-electron chi connectivity index (χ1n) is 9.46. The zero-order valence-electron chi connectivity index (χ0n) is 17.2. The molecule has 1 rings (SSSR count). The Morgan fingerprint density at radius 3 is 1.60 bits per heavy atom. The highest BCUT2D eigenvalue weighted by Crippen LogP contribution is 2.10. The van der Waals surface area contributed by atoms with E-state index in [1.807, 2.05) is 0 Å². The molecule has 0 unspecified atom stereocenters. The molecule has 0 aliphatic carbocycles. The summed E-state index contributed by atoms with van der Waals surface area (Å²) in [6.45, 7) is 3.02. The normalized spacial score (nSPS) is 11.5. The van der Waals surface area contributed by atoms with Gasteiger partial charge in [0.05, 0.1) is 78.1 Å². The number of benzene rings is 1. The summed E-state index contributed by atoms with van der Waals surface area (Å²) in [5, 5.41) is 0. The Kier molecular flexibility index (Phi) is 15.1. The van der Waals surface area contributed by atoms with Gasteiger partial charge >= 0.3 is 5.97 Å². The third-order valence-corrected chi connectivity index (χ3v) is 4.76. The SMILES string of the molecule is COC(=O)COCCOCCOCCOCCOCCOS(=O)(=O)c1ccccc1. The highest BCUT2D eigenvalue weighted by Gasteiger charge is 2.13. The van der Waals surface area contributed by atoms with Gasteiger partial charge in [-0.15, -0.1) is 0 Å². The minimum absolute atomic E-state index is 0.0614. The first-order chi connectivity index (χ1) is 14.6. The Balaban J connectivity index is 1.81. The molecule has 0 amide bonds. The molecule has 11 heteroatoms. The summed E-state index contributed by atoms with van der Waals surface area (Å²) < 4.78 is 59.3. The van der Waals surface area contributed by atoms with Crippen LogP contribution in [0.5, 0.6) is 0 Å². The van der Waals surface area contributed by atoms with Crippen molar-refractivity contribution in [3.63, 3.8) is 0 Å². The summed E-state index contributed by atoms with van der Waals surface area (Å²) in [5.74, 6) is -0.423. The van der Waals surface area contributed by atoms with Crippen LogP contribution in [0.4, 0.5) is 0 Å². The molecule has 0 aromatic heterocycles. The van der Waals surface area contributed by atoms with Gasteiger partial charge in [-0.1, -0.05) is 18.2 Å². The lowest BCUT2D eigenvalue weighted by molar-refractivity contribution is -0.146. The summed E-state index contributed by atoms with van der Waals surface area (Å²) in [4.78, 5) is 10.9. The molecule has 10 nitrogen and oxygen atoms in total. The van der Waals surface area contributed by atoms with Crippen LogP contribution in [0.2, 0.25) is 0 Å². The first-order valence-corrected chi connectivity index (χ1v) is 10.9. The van der Waals surface area contributed by atoms with Crippen LogP contribution in [-0.2, 0) is 47.5 Å². The predicted octanol–water partition coefficient (Wildman–Crippen LogP) is 0.648. The molecule has 1 aromatic rings. The topological polar surface area (TPSA) is 116 Å². The molecule has 1 aromatic carbocycles. The fraction of sp³-hybridized carbons (Fsp3) is 0.632. The van der Waals surface area contributed by atoms with Gasteiger partial charge in [0.15, 0.2) is 0 Å². The molecule has 30 heavy (non-hydrogen) atoms. The van der Waals surface area contributed by atoms with Crippen molar-refractivity contribution in [1.29, 1.82) is 0 Å². The largest absolute Gasteiger partial charge is 0.467 e. The predicted molar refractivity (Wildman–Crippen MR) is 106 cm³/mol. The highest BCUT2D eigenvalue weighted by atomic mass is 32.2. The lowest BCUT2D eigenvalue weighted by atomic mass is 10.4. The van der Waals surface area contributed by atoms with E-state index in [2.05, 4.69) is 4.74 Å². The highest BCUT2D eigenvalue weighted by molar-refractivity contribution is 7.86. The molecule has 0 N–H and O–H groups in total. The molecule has 172 valence electrons. The van der Waals surface area contributed by atoms with E-state index in [1.54, 1.807) is 18.2 Å². The summed E-state index contributed by atoms with van der Waals surface area (Å²) in [7, 11) is -2.45. The average Bonchev–Trinajstić information content (AvgIpc) is 2.76. The summed E-state index contributed by atoms with van der Waals surface area (Å²) in [6, 6.07) is 7.94. The van der Waals surface area contributed by atoms with Crippen molar-refractivity contribution < 1.29 is 45.8 Å². The van der Waals surface area contributed by atoms with E-state index in [9.17, 15) is 13.2 Å². The van der Waals surface area contributed by atoms with Crippen LogP contribution in [0.15, 0.2) is 35.2 Å². The van der Waals surface area contributed by atoms with Gasteiger partial charge in [0.25, 0.3) is 10.1 Å². The van der Waals surface area contributed by atoms with Gasteiger partial charge in [-0.25, -0.2) is 4.79 Å². The van der Waals surface area contributed by atoms with Crippen LogP contribution in [0.1, 0.15) is 0 Å². The van der Waals surface area contributed by atoms with Crippen LogP contribution in [0.3, 0.4) is 0 Å². The van der Waals surface area contributed by atoms with Crippen molar-refractivity contribution in [2.45, 2.75) is 4.90 Å². The Bertz CT molecular complexity index is 651. The minimum atomic E-state index is -3.75. The van der Waals surface area contributed by atoms with E-state index in [1.165, 1.54) is 19.2 Å². The number of rotatable bonds is 19. The minimum Gasteiger partial charge on any atom is -0.467 e. The molecular weight excluding hydrogens is 420 g/mol. The maximum absolute atomic E-state index is 11.9. The second-order valence-electron chi connectivity index (χ2n) is 5.67. The lowest BCUT2D eigenvalue weighted by Gasteiger charge is -2.08. The lowest BCUT2D eigenvalue weighted by Crippen LogP contribution is -2.16. The number of carbonyl (C=O) groups is 1. The van der Waals surface area contributed by atoms with Crippen LogP contribution in [0.25, 0.3) is 0 Å². The van der Waals surface area contributed by atoms with E-state index in [0.29, 0.717) is 52.9 Å². The number of hydrogen-bond donors (Lipinski definition) is 0. The van der Waals surface area contributed by atoms with Crippen LogP contribution < -0.4 is 0 Å². The quantitative estimate of drug-likeness (QED) is 0.169. The molecule has 0 saturated heterocycles. The van der Waals surface area contributed by atoms with Gasteiger partial charge in [-0.3, -0.25) is 4.18 Å². The molecule has 0 heterocycles. The summed E-state index contributed by atoms with van der Waals surface area (Å²) >= 11 is 0. The third kappa shape index (κ3) is 13.6. The van der Waals surface area contributed by atoms with E-state index >= 15 is 0 Å². The molecule has 0 saturated carbocycles. The molecule has 0 aliphatic rings. The fourth-order valence-electron chi connectivity index (χ4n) is 1.95. The van der Waals surface area contributed by atoms with Crippen molar-refractivity contribution in [2.24, 2.45) is 0 Å². The van der Waals surface area contributed by atoms with Gasteiger partial charge in [0.2, 0.25) is 0 Å². The summed E-state index contributed by atoms with van der Waals surface area (Å²) in [5.41, 5.74) is 0. The van der Waals surface area contributed by atoms with Crippen molar-refractivity contribution in [2.75, 3.05) is 79.8 Å². The zero-order valence-corrected chi connectivity index (χ0v) is 18.0. The van der Waals surface area contributed by atoms with Gasteiger partial charge < -0.3 is 28.4 Å². The number of ether oxygens (including phenoxy) is 6. The monoisotopic (exact) mass is 450 g/mol. The molecule has 0 radical (unpaired) electrons. The standard InChI is InChI=1S/C19H30O10S/c1-23-19(20)17-28-14-13-26-10-9-24-7-8-25-11-12-27-15-16-29-30(21,22)18-5-3-2-4-6-18/h2-6H,7-17H2,1H3. The van der Waals surface area contributed by atoms with Crippen molar-refractivity contribution >= 4 is 16.1 Å². The van der Waals surface area contributed by atoms with E-state index in [-0.39, 0.29) is 24.7 Å². The van der Waals surface area contributed by atoms with Crippen LogP contribution in [0, 0.1) is 0 Å². The molecule has 0 bridgehead atoms. The first kappa shape index (κ1) is 26.4. The average molecular weight is 451 g/mol. The van der Waals surface area contributed by atoms with Crippen molar-refractivity contribution in [3.05, 3.63) is 30.3 Å². The van der Waals surface area contributed by atoms with Crippen molar-refractivity contribution in [1.82, 2.24) is 0 Å². The zero-order chi connectivity index (χ0) is 21.9. The molecule has 0 spiro atoms. The molecule has 0 fully saturated rings. The molecule has 0 atom stereocenters. The third-order valence-electron chi connectivity index (χ3n) is 3.43. The number of esters is 1. The van der Waals surface area contributed by atoms with Crippen LogP contribution in [-0.4, -0.2) is 94.2 Å². The van der Waals surface area contributed by atoms with Gasteiger partial charge in [0.1, 0.15) is 6.61 Å². The maximum Gasteiger partial charge on any atom is 0.331 e. The Morgan fingerprint density at radius 2 is 1.13 bits per heavy atom. The van der Waals surface area contributed by atoms with Crippen molar-refractivity contribution in [3.8, 4) is 0 Å². The smallest absolute Gasteiger partial charge is 0.331 e. The van der Waals surface area contributed by atoms with E-state index in [4.69, 9.17) is 27.9 Å². The second-order valence-corrected chi connectivity index (χ2v) is 7.28. The van der Waals surface area contributed by atoms with Crippen LogP contribution >= 0.6 is 0 Å². The van der Waals surface area contributed by atoms with Gasteiger partial charge in [-0.05, 0) is 12.1 Å². The Hall–Kier alpha value is -1.60. The van der Waals surface area contributed by atoms with E-state index in [0.717, 1.165) is 0 Å².